The highest BCUT2D eigenvalue weighted by molar-refractivity contribution is 7.99. The van der Waals surface area contributed by atoms with Gasteiger partial charge in [-0.25, -0.2) is 0 Å². The van der Waals surface area contributed by atoms with E-state index in [0.29, 0.717) is 13.0 Å². The van der Waals surface area contributed by atoms with Crippen molar-refractivity contribution in [1.29, 1.82) is 0 Å². The fourth-order valence-corrected chi connectivity index (χ4v) is 4.41. The van der Waals surface area contributed by atoms with E-state index in [-0.39, 0.29) is 5.91 Å². The van der Waals surface area contributed by atoms with Crippen LogP contribution in [-0.4, -0.2) is 33.5 Å². The van der Waals surface area contributed by atoms with Crippen LogP contribution < -0.4 is 10.1 Å². The predicted octanol–water partition coefficient (Wildman–Crippen LogP) is 5.44. The third-order valence-corrected chi connectivity index (χ3v) is 6.38. The lowest BCUT2D eigenvalue weighted by atomic mass is 10.2. The highest BCUT2D eigenvalue weighted by atomic mass is 32.2. The maximum absolute atomic E-state index is 12.2. The van der Waals surface area contributed by atoms with Crippen LogP contribution in [0.5, 0.6) is 5.75 Å². The van der Waals surface area contributed by atoms with Gasteiger partial charge in [-0.15, -0.1) is 10.2 Å². The minimum Gasteiger partial charge on any atom is -0.497 e. The van der Waals surface area contributed by atoms with E-state index in [2.05, 4.69) is 51.3 Å². The molecule has 4 rings (SSSR count). The van der Waals surface area contributed by atoms with Crippen LogP contribution in [0.15, 0.2) is 84.0 Å². The number of aryl methyl sites for hydroxylation is 1. The second kappa shape index (κ2) is 11.5. The molecule has 1 aromatic heterocycles. The van der Waals surface area contributed by atoms with Gasteiger partial charge in [0.05, 0.1) is 7.11 Å². The van der Waals surface area contributed by atoms with Crippen LogP contribution in [0.4, 0.5) is 0 Å². The van der Waals surface area contributed by atoms with E-state index in [4.69, 9.17) is 4.74 Å². The molecule has 0 aliphatic rings. The summed E-state index contributed by atoms with van der Waals surface area (Å²) in [5, 5.41) is 12.7. The molecule has 0 atom stereocenters. The average Bonchev–Trinajstić information content (AvgIpc) is 3.30. The Hall–Kier alpha value is -3.58. The average molecular weight is 473 g/mol. The van der Waals surface area contributed by atoms with Crippen molar-refractivity contribution in [2.75, 3.05) is 12.9 Å². The van der Waals surface area contributed by atoms with Gasteiger partial charge in [0, 0.05) is 30.0 Å². The van der Waals surface area contributed by atoms with Gasteiger partial charge in [-0.05, 0) is 43.2 Å². The van der Waals surface area contributed by atoms with E-state index >= 15 is 0 Å². The SMILES string of the molecule is COc1cccc(-c2nnc(SCCCC(=O)NCc3ccccc3)n2-c2ccc(C)cc2)c1. The fraction of sp³-hybridized carbons (Fsp3) is 0.222. The van der Waals surface area contributed by atoms with E-state index in [1.54, 1.807) is 18.9 Å². The smallest absolute Gasteiger partial charge is 0.220 e. The first kappa shape index (κ1) is 23.6. The van der Waals surface area contributed by atoms with E-state index in [0.717, 1.165) is 45.7 Å². The van der Waals surface area contributed by atoms with Crippen molar-refractivity contribution in [2.45, 2.75) is 31.5 Å². The Kier molecular flexibility index (Phi) is 7.99. The van der Waals surface area contributed by atoms with E-state index < -0.39 is 0 Å². The molecule has 0 unspecified atom stereocenters. The van der Waals surface area contributed by atoms with Gasteiger partial charge in [0.15, 0.2) is 11.0 Å². The van der Waals surface area contributed by atoms with Crippen molar-refractivity contribution in [3.05, 3.63) is 90.0 Å². The zero-order valence-corrected chi connectivity index (χ0v) is 20.2. The first-order chi connectivity index (χ1) is 16.6. The molecule has 6 nitrogen and oxygen atoms in total. The Bertz CT molecular complexity index is 1220. The summed E-state index contributed by atoms with van der Waals surface area (Å²) in [7, 11) is 1.65. The van der Waals surface area contributed by atoms with Crippen molar-refractivity contribution in [3.63, 3.8) is 0 Å². The van der Waals surface area contributed by atoms with Gasteiger partial charge in [0.1, 0.15) is 5.75 Å². The fourth-order valence-electron chi connectivity index (χ4n) is 3.52. The van der Waals surface area contributed by atoms with Gasteiger partial charge >= 0.3 is 0 Å². The molecule has 1 heterocycles. The third-order valence-electron chi connectivity index (χ3n) is 5.37. The molecular formula is C27H28N4O2S. The number of aromatic nitrogens is 3. The Labute approximate surface area is 204 Å². The Morgan fingerprint density at radius 2 is 1.79 bits per heavy atom. The van der Waals surface area contributed by atoms with Crippen LogP contribution in [0.2, 0.25) is 0 Å². The Morgan fingerprint density at radius 1 is 1.00 bits per heavy atom. The molecule has 0 radical (unpaired) electrons. The number of ether oxygens (including phenoxy) is 1. The molecule has 0 aliphatic carbocycles. The minimum absolute atomic E-state index is 0.0570. The number of benzene rings is 3. The van der Waals surface area contributed by atoms with Crippen LogP contribution in [0.25, 0.3) is 17.1 Å². The number of carbonyl (C=O) groups is 1. The number of amides is 1. The van der Waals surface area contributed by atoms with E-state index in [1.165, 1.54) is 5.56 Å². The molecule has 0 fully saturated rings. The molecule has 3 aromatic carbocycles. The molecule has 0 saturated carbocycles. The van der Waals surface area contributed by atoms with Crippen molar-refractivity contribution in [3.8, 4) is 22.8 Å². The Balaban J connectivity index is 1.43. The number of rotatable bonds is 10. The maximum Gasteiger partial charge on any atom is 0.220 e. The van der Waals surface area contributed by atoms with Crippen molar-refractivity contribution >= 4 is 17.7 Å². The number of hydrogen-bond acceptors (Lipinski definition) is 5. The first-order valence-corrected chi connectivity index (χ1v) is 12.2. The molecule has 174 valence electrons. The lowest BCUT2D eigenvalue weighted by Crippen LogP contribution is -2.22. The van der Waals surface area contributed by atoms with Gasteiger partial charge in [-0.3, -0.25) is 9.36 Å². The molecular weight excluding hydrogens is 444 g/mol. The van der Waals surface area contributed by atoms with Gasteiger partial charge < -0.3 is 10.1 Å². The highest BCUT2D eigenvalue weighted by Crippen LogP contribution is 2.30. The third kappa shape index (κ3) is 6.05. The summed E-state index contributed by atoms with van der Waals surface area (Å²) < 4.78 is 7.46. The largest absolute Gasteiger partial charge is 0.497 e. The molecule has 0 aliphatic heterocycles. The number of carbonyl (C=O) groups excluding carboxylic acids is 1. The number of hydrogen-bond donors (Lipinski definition) is 1. The standard InChI is InChI=1S/C27H28N4O2S/c1-20-13-15-23(16-14-20)31-26(22-10-6-11-24(18-22)33-2)29-30-27(31)34-17-7-12-25(32)28-19-21-8-4-3-5-9-21/h3-6,8-11,13-16,18H,7,12,17,19H2,1-2H3,(H,28,32). The molecule has 34 heavy (non-hydrogen) atoms. The summed E-state index contributed by atoms with van der Waals surface area (Å²) >= 11 is 1.61. The molecule has 7 heteroatoms. The second-order valence-electron chi connectivity index (χ2n) is 7.92. The molecule has 0 saturated heterocycles. The van der Waals surface area contributed by atoms with Crippen molar-refractivity contribution in [1.82, 2.24) is 20.1 Å². The normalized spacial score (nSPS) is 10.8. The zero-order valence-electron chi connectivity index (χ0n) is 19.4. The summed E-state index contributed by atoms with van der Waals surface area (Å²) in [4.78, 5) is 12.2. The first-order valence-electron chi connectivity index (χ1n) is 11.2. The summed E-state index contributed by atoms with van der Waals surface area (Å²) in [5.41, 5.74) is 4.22. The van der Waals surface area contributed by atoms with Crippen molar-refractivity contribution < 1.29 is 9.53 Å². The maximum atomic E-state index is 12.2. The zero-order chi connectivity index (χ0) is 23.8. The van der Waals surface area contributed by atoms with Gasteiger partial charge in [0.2, 0.25) is 5.91 Å². The minimum atomic E-state index is 0.0570. The topological polar surface area (TPSA) is 69.0 Å². The van der Waals surface area contributed by atoms with Gasteiger partial charge in [-0.2, -0.15) is 0 Å². The highest BCUT2D eigenvalue weighted by Gasteiger charge is 2.17. The summed E-state index contributed by atoms with van der Waals surface area (Å²) in [6.07, 6.45) is 1.22. The number of nitrogens with one attached hydrogen (secondary N) is 1. The van der Waals surface area contributed by atoms with Crippen LogP contribution in [0.1, 0.15) is 24.0 Å². The molecule has 1 amide bonds. The van der Waals surface area contributed by atoms with Gasteiger partial charge in [0.25, 0.3) is 0 Å². The lowest BCUT2D eigenvalue weighted by Gasteiger charge is -2.11. The van der Waals surface area contributed by atoms with Crippen molar-refractivity contribution in [2.24, 2.45) is 0 Å². The van der Waals surface area contributed by atoms with Crippen LogP contribution in [-0.2, 0) is 11.3 Å². The van der Waals surface area contributed by atoms with E-state index in [1.807, 2.05) is 54.6 Å². The number of methoxy groups -OCH3 is 1. The quantitative estimate of drug-likeness (QED) is 0.246. The summed E-state index contributed by atoms with van der Waals surface area (Å²) in [6, 6.07) is 26.1. The second-order valence-corrected chi connectivity index (χ2v) is 8.99. The van der Waals surface area contributed by atoms with Crippen LogP contribution in [0, 0.1) is 6.92 Å². The van der Waals surface area contributed by atoms with Crippen LogP contribution >= 0.6 is 11.8 Å². The number of nitrogens with zero attached hydrogens (tertiary/aromatic N) is 3. The molecule has 0 bridgehead atoms. The molecule has 4 aromatic rings. The summed E-state index contributed by atoms with van der Waals surface area (Å²) in [6.45, 7) is 2.62. The lowest BCUT2D eigenvalue weighted by molar-refractivity contribution is -0.121. The predicted molar refractivity (Wildman–Crippen MR) is 136 cm³/mol. The Morgan fingerprint density at radius 3 is 2.56 bits per heavy atom. The van der Waals surface area contributed by atoms with Crippen LogP contribution in [0.3, 0.4) is 0 Å². The molecule has 1 N–H and O–H groups in total. The molecule has 0 spiro atoms. The van der Waals surface area contributed by atoms with E-state index in [9.17, 15) is 4.79 Å². The summed E-state index contributed by atoms with van der Waals surface area (Å²) in [5.74, 6) is 2.35. The monoisotopic (exact) mass is 472 g/mol. The number of thioether (sulfide) groups is 1. The van der Waals surface area contributed by atoms with Gasteiger partial charge in [-0.1, -0.05) is 71.9 Å².